The van der Waals surface area contributed by atoms with Crippen LogP contribution in [0.25, 0.3) is 0 Å². The molecule has 1 aliphatic rings. The SMILES string of the molecule is CCCC(N)c1cn(CCN2C(=O)NC(C)(C)C2=O)nn1. The summed E-state index contributed by atoms with van der Waals surface area (Å²) in [6.45, 7) is 6.10. The number of hydrogen-bond donors (Lipinski definition) is 2. The highest BCUT2D eigenvalue weighted by molar-refractivity contribution is 6.06. The minimum absolute atomic E-state index is 0.126. The molecule has 1 atom stereocenters. The van der Waals surface area contributed by atoms with E-state index in [0.717, 1.165) is 18.5 Å². The highest BCUT2D eigenvalue weighted by atomic mass is 16.2. The van der Waals surface area contributed by atoms with Crippen molar-refractivity contribution in [3.8, 4) is 0 Å². The van der Waals surface area contributed by atoms with Crippen LogP contribution in [-0.4, -0.2) is 43.9 Å². The summed E-state index contributed by atoms with van der Waals surface area (Å²) >= 11 is 0. The summed E-state index contributed by atoms with van der Waals surface area (Å²) in [5.74, 6) is -0.226. The first kappa shape index (κ1) is 15.4. The fraction of sp³-hybridized carbons (Fsp3) is 0.692. The van der Waals surface area contributed by atoms with E-state index in [1.54, 1.807) is 24.7 Å². The summed E-state index contributed by atoms with van der Waals surface area (Å²) in [6.07, 6.45) is 3.59. The zero-order valence-electron chi connectivity index (χ0n) is 12.7. The summed E-state index contributed by atoms with van der Waals surface area (Å²) in [7, 11) is 0. The highest BCUT2D eigenvalue weighted by Crippen LogP contribution is 2.16. The Morgan fingerprint density at radius 1 is 1.38 bits per heavy atom. The van der Waals surface area contributed by atoms with Gasteiger partial charge >= 0.3 is 6.03 Å². The summed E-state index contributed by atoms with van der Waals surface area (Å²) in [6, 6.07) is -0.493. The van der Waals surface area contributed by atoms with Gasteiger partial charge in [-0.2, -0.15) is 0 Å². The van der Waals surface area contributed by atoms with Crippen LogP contribution >= 0.6 is 0 Å². The van der Waals surface area contributed by atoms with Crippen LogP contribution in [0, 0.1) is 0 Å². The van der Waals surface area contributed by atoms with Crippen molar-refractivity contribution in [2.24, 2.45) is 5.73 Å². The first-order valence-electron chi connectivity index (χ1n) is 7.15. The van der Waals surface area contributed by atoms with Crippen molar-refractivity contribution in [3.05, 3.63) is 11.9 Å². The van der Waals surface area contributed by atoms with Gasteiger partial charge in [0, 0.05) is 0 Å². The van der Waals surface area contributed by atoms with Gasteiger partial charge in [-0.05, 0) is 20.3 Å². The van der Waals surface area contributed by atoms with Crippen LogP contribution in [0.15, 0.2) is 6.20 Å². The summed E-state index contributed by atoms with van der Waals surface area (Å²) in [5.41, 5.74) is 5.86. The first-order valence-corrected chi connectivity index (χ1v) is 7.15. The fourth-order valence-corrected chi connectivity index (χ4v) is 2.27. The molecule has 8 nitrogen and oxygen atoms in total. The van der Waals surface area contributed by atoms with Crippen LogP contribution < -0.4 is 11.1 Å². The van der Waals surface area contributed by atoms with E-state index in [4.69, 9.17) is 5.73 Å². The molecule has 0 aliphatic carbocycles. The Balaban J connectivity index is 1.95. The van der Waals surface area contributed by atoms with Crippen LogP contribution in [-0.2, 0) is 11.3 Å². The van der Waals surface area contributed by atoms with Crippen molar-refractivity contribution in [1.29, 1.82) is 0 Å². The van der Waals surface area contributed by atoms with Gasteiger partial charge in [-0.15, -0.1) is 5.10 Å². The maximum Gasteiger partial charge on any atom is 0.325 e. The monoisotopic (exact) mass is 294 g/mol. The van der Waals surface area contributed by atoms with Crippen molar-refractivity contribution < 1.29 is 9.59 Å². The molecule has 1 aliphatic heterocycles. The zero-order chi connectivity index (χ0) is 15.6. The second-order valence-electron chi connectivity index (χ2n) is 5.81. The largest absolute Gasteiger partial charge is 0.325 e. The van der Waals surface area contributed by atoms with Gasteiger partial charge in [-0.3, -0.25) is 14.4 Å². The average Bonchev–Trinajstić information content (AvgIpc) is 2.93. The molecule has 1 fully saturated rings. The number of nitrogens with zero attached hydrogens (tertiary/aromatic N) is 4. The molecule has 0 radical (unpaired) electrons. The number of carbonyl (C=O) groups is 2. The van der Waals surface area contributed by atoms with Gasteiger partial charge in [0.2, 0.25) is 0 Å². The maximum absolute atomic E-state index is 12.0. The third kappa shape index (κ3) is 3.21. The third-order valence-corrected chi connectivity index (χ3v) is 3.53. The summed E-state index contributed by atoms with van der Waals surface area (Å²) in [5, 5.41) is 10.7. The molecule has 3 amide bonds. The van der Waals surface area contributed by atoms with Gasteiger partial charge in [-0.25, -0.2) is 4.79 Å². The zero-order valence-corrected chi connectivity index (χ0v) is 12.7. The number of amides is 3. The molecule has 1 aromatic rings. The molecule has 21 heavy (non-hydrogen) atoms. The lowest BCUT2D eigenvalue weighted by atomic mass is 10.1. The number of carbonyl (C=O) groups excluding carboxylic acids is 2. The molecule has 0 aromatic carbocycles. The second-order valence-corrected chi connectivity index (χ2v) is 5.81. The smallest absolute Gasteiger partial charge is 0.324 e. The predicted molar refractivity (Wildman–Crippen MR) is 76.2 cm³/mol. The van der Waals surface area contributed by atoms with Crippen molar-refractivity contribution in [1.82, 2.24) is 25.2 Å². The Hall–Kier alpha value is -1.96. The number of nitrogens with two attached hydrogens (primary N) is 1. The quantitative estimate of drug-likeness (QED) is 0.739. The van der Waals surface area contributed by atoms with Crippen LogP contribution in [0.5, 0.6) is 0 Å². The van der Waals surface area contributed by atoms with Gasteiger partial charge < -0.3 is 11.1 Å². The number of hydrogen-bond acceptors (Lipinski definition) is 5. The molecule has 1 aromatic heterocycles. The van der Waals surface area contributed by atoms with E-state index in [2.05, 4.69) is 22.6 Å². The number of aromatic nitrogens is 3. The van der Waals surface area contributed by atoms with E-state index >= 15 is 0 Å². The van der Waals surface area contributed by atoms with Crippen molar-refractivity contribution in [2.45, 2.75) is 51.7 Å². The first-order chi connectivity index (χ1) is 9.85. The van der Waals surface area contributed by atoms with E-state index < -0.39 is 5.54 Å². The number of nitrogens with one attached hydrogen (secondary N) is 1. The number of imide groups is 1. The van der Waals surface area contributed by atoms with Crippen molar-refractivity contribution in [3.63, 3.8) is 0 Å². The molecule has 0 bridgehead atoms. The molecule has 2 rings (SSSR count). The van der Waals surface area contributed by atoms with Gasteiger partial charge in [0.25, 0.3) is 5.91 Å². The molecule has 0 saturated carbocycles. The Kier molecular flexibility index (Phi) is 4.26. The molecule has 3 N–H and O–H groups in total. The molecule has 1 saturated heterocycles. The Labute approximate surface area is 123 Å². The average molecular weight is 294 g/mol. The topological polar surface area (TPSA) is 106 Å². The van der Waals surface area contributed by atoms with E-state index in [9.17, 15) is 9.59 Å². The Bertz CT molecular complexity index is 539. The van der Waals surface area contributed by atoms with Crippen LogP contribution in [0.3, 0.4) is 0 Å². The molecular weight excluding hydrogens is 272 g/mol. The molecule has 2 heterocycles. The van der Waals surface area contributed by atoms with Crippen molar-refractivity contribution >= 4 is 11.9 Å². The van der Waals surface area contributed by atoms with Gasteiger partial charge in [-0.1, -0.05) is 18.6 Å². The van der Waals surface area contributed by atoms with Gasteiger partial charge in [0.1, 0.15) is 5.54 Å². The number of urea groups is 1. The van der Waals surface area contributed by atoms with E-state index in [0.29, 0.717) is 6.54 Å². The molecule has 0 spiro atoms. The third-order valence-electron chi connectivity index (χ3n) is 3.53. The molecule has 1 unspecified atom stereocenters. The minimum atomic E-state index is -0.839. The van der Waals surface area contributed by atoms with Crippen molar-refractivity contribution in [2.75, 3.05) is 6.54 Å². The lowest BCUT2D eigenvalue weighted by molar-refractivity contribution is -0.130. The second kappa shape index (κ2) is 5.80. The Morgan fingerprint density at radius 3 is 2.67 bits per heavy atom. The Morgan fingerprint density at radius 2 is 2.10 bits per heavy atom. The predicted octanol–water partition coefficient (Wildman–Crippen LogP) is 0.408. The van der Waals surface area contributed by atoms with E-state index in [1.807, 2.05) is 0 Å². The van der Waals surface area contributed by atoms with E-state index in [-0.39, 0.29) is 24.5 Å². The molecule has 8 heteroatoms. The van der Waals surface area contributed by atoms with E-state index in [1.165, 1.54) is 4.90 Å². The molecular formula is C13H22N6O2. The van der Waals surface area contributed by atoms with Gasteiger partial charge in [0.15, 0.2) is 0 Å². The van der Waals surface area contributed by atoms with Gasteiger partial charge in [0.05, 0.1) is 31.0 Å². The summed E-state index contributed by atoms with van der Waals surface area (Å²) < 4.78 is 1.61. The lowest BCUT2D eigenvalue weighted by Crippen LogP contribution is -2.40. The minimum Gasteiger partial charge on any atom is -0.324 e. The summed E-state index contributed by atoms with van der Waals surface area (Å²) in [4.78, 5) is 25.0. The standard InChI is InChI=1S/C13H22N6O2/c1-4-5-9(14)10-8-18(17-16-10)6-7-19-11(20)13(2,3)15-12(19)21/h8-9H,4-7,14H2,1-3H3,(H,15,21). The number of rotatable bonds is 6. The van der Waals surface area contributed by atoms with Crippen LogP contribution in [0.1, 0.15) is 45.3 Å². The van der Waals surface area contributed by atoms with Crippen LogP contribution in [0.4, 0.5) is 4.79 Å². The molecule has 116 valence electrons. The van der Waals surface area contributed by atoms with Crippen LogP contribution in [0.2, 0.25) is 0 Å². The normalized spacial score (nSPS) is 19.0. The maximum atomic E-state index is 12.0. The lowest BCUT2D eigenvalue weighted by Gasteiger charge is -2.15. The highest BCUT2D eigenvalue weighted by Gasteiger charge is 2.43. The fourth-order valence-electron chi connectivity index (χ4n) is 2.27.